The van der Waals surface area contributed by atoms with Crippen molar-refractivity contribution in [2.24, 2.45) is 0 Å². The third kappa shape index (κ3) is 3.06. The lowest BCUT2D eigenvalue weighted by Gasteiger charge is -2.22. The molecule has 0 saturated carbocycles. The van der Waals surface area contributed by atoms with Crippen LogP contribution in [0.15, 0.2) is 41.3 Å². The summed E-state index contributed by atoms with van der Waals surface area (Å²) < 4.78 is 14.3. The molecule has 26 heavy (non-hydrogen) atoms. The van der Waals surface area contributed by atoms with Gasteiger partial charge in [0.2, 0.25) is 0 Å². The van der Waals surface area contributed by atoms with Crippen LogP contribution in [0.2, 0.25) is 0 Å². The maximum absolute atomic E-state index is 12.5. The molecule has 1 aliphatic rings. The van der Waals surface area contributed by atoms with Crippen LogP contribution in [0.3, 0.4) is 0 Å². The van der Waals surface area contributed by atoms with E-state index in [0.717, 1.165) is 30.6 Å². The summed E-state index contributed by atoms with van der Waals surface area (Å²) in [4.78, 5) is 12.5. The van der Waals surface area contributed by atoms with Crippen molar-refractivity contribution in [3.8, 4) is 11.5 Å². The highest BCUT2D eigenvalue weighted by atomic mass is 16.5. The Labute approximate surface area is 150 Å². The number of aromatic nitrogens is 3. The number of pyridine rings is 1. The fourth-order valence-corrected chi connectivity index (χ4v) is 3.30. The molecule has 1 fully saturated rings. The lowest BCUT2D eigenvalue weighted by Crippen LogP contribution is -2.20. The summed E-state index contributed by atoms with van der Waals surface area (Å²) >= 11 is 0. The topological polar surface area (TPSA) is 78.5 Å². The molecule has 1 aliphatic heterocycles. The van der Waals surface area contributed by atoms with E-state index in [1.54, 1.807) is 22.6 Å². The zero-order valence-corrected chi connectivity index (χ0v) is 14.6. The van der Waals surface area contributed by atoms with Crippen LogP contribution in [-0.4, -0.2) is 33.2 Å². The van der Waals surface area contributed by atoms with Gasteiger partial charge in [0.05, 0.1) is 25.4 Å². The third-order valence-electron chi connectivity index (χ3n) is 4.72. The highest BCUT2D eigenvalue weighted by Gasteiger charge is 2.20. The molecule has 0 aliphatic carbocycles. The Kier molecular flexibility index (Phi) is 4.38. The van der Waals surface area contributed by atoms with Crippen molar-refractivity contribution in [3.63, 3.8) is 0 Å². The molecule has 1 aromatic carbocycles. The summed E-state index contributed by atoms with van der Waals surface area (Å²) in [5.41, 5.74) is 1.70. The van der Waals surface area contributed by atoms with Gasteiger partial charge in [-0.1, -0.05) is 12.1 Å². The Bertz CT molecular complexity index is 969. The highest BCUT2D eigenvalue weighted by molar-refractivity contribution is 5.80. The quantitative estimate of drug-likeness (QED) is 0.778. The molecule has 2 aromatic heterocycles. The van der Waals surface area contributed by atoms with Crippen molar-refractivity contribution in [1.29, 1.82) is 0 Å². The van der Waals surface area contributed by atoms with Gasteiger partial charge in [-0.3, -0.25) is 4.79 Å². The average Bonchev–Trinajstić information content (AvgIpc) is 3.12. The van der Waals surface area contributed by atoms with E-state index in [-0.39, 0.29) is 17.5 Å². The molecule has 7 nitrogen and oxygen atoms in total. The molecule has 1 atom stereocenters. The van der Waals surface area contributed by atoms with Gasteiger partial charge in [-0.2, -0.15) is 5.10 Å². The minimum atomic E-state index is -0.269. The molecule has 4 rings (SSSR count). The molecule has 3 aromatic rings. The minimum absolute atomic E-state index is 0.106. The molecule has 1 N–H and O–H groups in total. The van der Waals surface area contributed by atoms with Gasteiger partial charge < -0.3 is 19.1 Å². The lowest BCUT2D eigenvalue weighted by molar-refractivity contribution is -0.0391. The Morgan fingerprint density at radius 3 is 2.81 bits per heavy atom. The first-order valence-electron chi connectivity index (χ1n) is 8.72. The second-order valence-corrected chi connectivity index (χ2v) is 6.47. The molecule has 0 spiro atoms. The first-order chi connectivity index (χ1) is 12.7. The SMILES string of the molecule is COc1ccc(Cn2c(=O)cc(O)c3nn(C4CCCCO4)cc32)cc1. The smallest absolute Gasteiger partial charge is 0.255 e. The van der Waals surface area contributed by atoms with E-state index in [4.69, 9.17) is 9.47 Å². The summed E-state index contributed by atoms with van der Waals surface area (Å²) in [5, 5.41) is 14.6. The van der Waals surface area contributed by atoms with Gasteiger partial charge >= 0.3 is 0 Å². The summed E-state index contributed by atoms with van der Waals surface area (Å²) in [6.07, 6.45) is 4.63. The van der Waals surface area contributed by atoms with E-state index in [0.29, 0.717) is 24.2 Å². The Balaban J connectivity index is 1.75. The summed E-state index contributed by atoms with van der Waals surface area (Å²) in [6.45, 7) is 1.09. The molecule has 1 unspecified atom stereocenters. The second-order valence-electron chi connectivity index (χ2n) is 6.47. The second kappa shape index (κ2) is 6.84. The van der Waals surface area contributed by atoms with Crippen molar-refractivity contribution in [1.82, 2.24) is 14.3 Å². The van der Waals surface area contributed by atoms with Crippen LogP contribution in [0.5, 0.6) is 11.5 Å². The van der Waals surface area contributed by atoms with Crippen LogP contribution in [0, 0.1) is 0 Å². The van der Waals surface area contributed by atoms with E-state index in [2.05, 4.69) is 5.10 Å². The minimum Gasteiger partial charge on any atom is -0.505 e. The van der Waals surface area contributed by atoms with Crippen LogP contribution in [-0.2, 0) is 11.3 Å². The summed E-state index contributed by atoms with van der Waals surface area (Å²) in [7, 11) is 1.62. The Morgan fingerprint density at radius 1 is 1.31 bits per heavy atom. The van der Waals surface area contributed by atoms with Crippen LogP contribution in [0.4, 0.5) is 0 Å². The monoisotopic (exact) mass is 355 g/mol. The Morgan fingerprint density at radius 2 is 2.12 bits per heavy atom. The van der Waals surface area contributed by atoms with Crippen LogP contribution < -0.4 is 10.3 Å². The van der Waals surface area contributed by atoms with Crippen molar-refractivity contribution in [2.45, 2.75) is 32.0 Å². The van der Waals surface area contributed by atoms with Gasteiger partial charge in [0.25, 0.3) is 5.56 Å². The predicted octanol–water partition coefficient (Wildman–Crippen LogP) is 2.66. The fourth-order valence-electron chi connectivity index (χ4n) is 3.30. The first kappa shape index (κ1) is 16.7. The number of fused-ring (bicyclic) bond motifs is 1. The van der Waals surface area contributed by atoms with E-state index < -0.39 is 0 Å². The van der Waals surface area contributed by atoms with Crippen LogP contribution in [0.1, 0.15) is 31.1 Å². The molecule has 136 valence electrons. The largest absolute Gasteiger partial charge is 0.505 e. The average molecular weight is 355 g/mol. The molecule has 3 heterocycles. The maximum Gasteiger partial charge on any atom is 0.255 e. The van der Waals surface area contributed by atoms with E-state index in [1.807, 2.05) is 24.3 Å². The number of methoxy groups -OCH3 is 1. The number of aromatic hydroxyl groups is 1. The maximum atomic E-state index is 12.5. The number of benzene rings is 1. The molecule has 0 amide bonds. The number of hydrogen-bond acceptors (Lipinski definition) is 5. The van der Waals surface area contributed by atoms with Crippen LogP contribution in [0.25, 0.3) is 11.0 Å². The van der Waals surface area contributed by atoms with Gasteiger partial charge in [0.1, 0.15) is 12.0 Å². The Hall–Kier alpha value is -2.80. The normalized spacial score (nSPS) is 17.5. The number of rotatable bonds is 4. The zero-order valence-electron chi connectivity index (χ0n) is 14.6. The van der Waals surface area contributed by atoms with Crippen molar-refractivity contribution in [2.75, 3.05) is 13.7 Å². The van der Waals surface area contributed by atoms with Gasteiger partial charge in [-0.25, -0.2) is 4.68 Å². The van der Waals surface area contributed by atoms with E-state index in [1.165, 1.54) is 6.07 Å². The zero-order chi connectivity index (χ0) is 18.1. The van der Waals surface area contributed by atoms with Gasteiger partial charge in [-0.15, -0.1) is 0 Å². The van der Waals surface area contributed by atoms with Crippen LogP contribution >= 0.6 is 0 Å². The first-order valence-corrected chi connectivity index (χ1v) is 8.72. The number of hydrogen-bond donors (Lipinski definition) is 1. The molecule has 0 radical (unpaired) electrons. The van der Waals surface area contributed by atoms with Crippen molar-refractivity contribution >= 4 is 11.0 Å². The van der Waals surface area contributed by atoms with Crippen molar-refractivity contribution in [3.05, 3.63) is 52.4 Å². The third-order valence-corrected chi connectivity index (χ3v) is 4.72. The summed E-state index contributed by atoms with van der Waals surface area (Å²) in [5.74, 6) is 0.657. The van der Waals surface area contributed by atoms with Gasteiger partial charge in [0, 0.05) is 12.7 Å². The van der Waals surface area contributed by atoms with E-state index in [9.17, 15) is 9.90 Å². The summed E-state index contributed by atoms with van der Waals surface area (Å²) in [6, 6.07) is 8.76. The standard InChI is InChI=1S/C19H21N3O4/c1-25-14-7-5-13(6-8-14)11-21-15-12-22(18-4-2-3-9-26-18)20-19(15)16(23)10-17(21)24/h5-8,10,12,18,23H,2-4,9,11H2,1H3. The number of nitrogens with zero attached hydrogens (tertiary/aromatic N) is 3. The molecule has 0 bridgehead atoms. The molecule has 1 saturated heterocycles. The predicted molar refractivity (Wildman–Crippen MR) is 96.6 cm³/mol. The molecular formula is C19H21N3O4. The van der Waals surface area contributed by atoms with E-state index >= 15 is 0 Å². The van der Waals surface area contributed by atoms with Gasteiger partial charge in [0.15, 0.2) is 11.3 Å². The fraction of sp³-hybridized carbons (Fsp3) is 0.368. The van der Waals surface area contributed by atoms with Crippen molar-refractivity contribution < 1.29 is 14.6 Å². The molecular weight excluding hydrogens is 334 g/mol. The van der Waals surface area contributed by atoms with Gasteiger partial charge in [-0.05, 0) is 37.0 Å². The number of ether oxygens (including phenoxy) is 2. The lowest BCUT2D eigenvalue weighted by atomic mass is 10.2. The molecule has 7 heteroatoms. The highest BCUT2D eigenvalue weighted by Crippen LogP contribution is 2.27.